The summed E-state index contributed by atoms with van der Waals surface area (Å²) >= 11 is 0. The summed E-state index contributed by atoms with van der Waals surface area (Å²) in [5, 5.41) is 50.2. The molecule has 2 aliphatic rings. The van der Waals surface area contributed by atoms with E-state index in [2.05, 4.69) is 67.9 Å². The number of amides is 12. The first-order valence-corrected chi connectivity index (χ1v) is 30.8. The number of hydrogen-bond acceptors (Lipinski definition) is 17. The number of fused-ring (bicyclic) bond motifs is 1. The predicted octanol–water partition coefficient (Wildman–Crippen LogP) is -3.01. The summed E-state index contributed by atoms with van der Waals surface area (Å²) in [6.07, 6.45) is 4.91. The number of nitrogens with one attached hydrogen (secondary N) is 12. The number of likely N-dealkylation sites (tertiary alicyclic amines) is 1. The number of nitrogens with two attached hydrogens (primary N) is 3. The molecular formula is C61H88N18O16. The highest BCUT2D eigenvalue weighted by Crippen LogP contribution is 2.22. The van der Waals surface area contributed by atoms with Crippen LogP contribution in [0.1, 0.15) is 103 Å². The number of aromatic hydroxyl groups is 1. The van der Waals surface area contributed by atoms with Crippen molar-refractivity contribution in [2.24, 2.45) is 28.1 Å². The lowest BCUT2D eigenvalue weighted by Crippen LogP contribution is -2.62. The van der Waals surface area contributed by atoms with E-state index in [1.54, 1.807) is 65.1 Å². The lowest BCUT2D eigenvalue weighted by Gasteiger charge is -2.31. The van der Waals surface area contributed by atoms with Crippen molar-refractivity contribution in [3.8, 4) is 5.75 Å². The van der Waals surface area contributed by atoms with Gasteiger partial charge in [-0.2, -0.15) is 0 Å². The number of ether oxygens (including phenoxy) is 1. The van der Waals surface area contributed by atoms with E-state index < -0.39 is 138 Å². The van der Waals surface area contributed by atoms with Crippen LogP contribution in [-0.4, -0.2) is 198 Å². The molecule has 34 nitrogen and oxygen atoms in total. The molecule has 6 rings (SSSR count). The number of carbonyl (C=O) groups is 12. The molecule has 0 spiro atoms. The molecule has 2 aliphatic heterocycles. The number of guanidine groups is 1. The lowest BCUT2D eigenvalue weighted by molar-refractivity contribution is -0.142. The second-order valence-electron chi connectivity index (χ2n) is 24.2. The first kappa shape index (κ1) is 75.3. The number of imidazole rings is 1. The van der Waals surface area contributed by atoms with E-state index in [4.69, 9.17) is 31.8 Å². The Labute approximate surface area is 546 Å². The minimum Gasteiger partial charge on any atom is -0.508 e. The summed E-state index contributed by atoms with van der Waals surface area (Å²) < 4.78 is 6.03. The maximum Gasteiger partial charge on any atom is 0.330 e. The average Bonchev–Trinajstić information content (AvgIpc) is 1.76. The number of aliphatic hydroxyl groups is 1. The minimum atomic E-state index is -1.80. The van der Waals surface area contributed by atoms with Crippen LogP contribution < -0.4 is 70.6 Å². The SMILES string of the molecule is CC(=O)O.CC(C)CC(NC(=O)C(COC(C)(C)C)NC(=O)C(Cc1ccc(O)cc1)NC(=O)C(CO)NC(=O)C(Cc1c[nH]c2ccccc12)NC(=O)C(Cc1cnc[nH]1)NC(=O)C1CCC(=O)N1)C(=O)N[C@@H](CCCN=C(N)N)C(=O)N1CCCC1C(=O)NNC(N)=O. The Morgan fingerprint density at radius 3 is 1.89 bits per heavy atom. The highest BCUT2D eigenvalue weighted by molar-refractivity contribution is 5.99. The molecule has 2 fully saturated rings. The number of hydrazine groups is 1. The maximum absolute atomic E-state index is 14.8. The molecule has 0 radical (unpaired) electrons. The van der Waals surface area contributed by atoms with Crippen molar-refractivity contribution < 1.29 is 77.6 Å². The highest BCUT2D eigenvalue weighted by atomic mass is 16.5. The Bertz CT molecular complexity index is 3340. The summed E-state index contributed by atoms with van der Waals surface area (Å²) in [5.41, 5.74) is 21.6. The second-order valence-corrected chi connectivity index (χ2v) is 24.2. The zero-order chi connectivity index (χ0) is 70.1. The van der Waals surface area contributed by atoms with Crippen molar-refractivity contribution in [2.75, 3.05) is 26.3 Å². The molecule has 8 unspecified atom stereocenters. The molecule has 12 amide bonds. The van der Waals surface area contributed by atoms with E-state index in [-0.39, 0.29) is 94.4 Å². The van der Waals surface area contributed by atoms with E-state index >= 15 is 0 Å². The minimum absolute atomic E-state index is 0.00453. The van der Waals surface area contributed by atoms with Gasteiger partial charge in [0.1, 0.15) is 60.1 Å². The molecular weight excluding hydrogens is 1240 g/mol. The molecule has 95 heavy (non-hydrogen) atoms. The van der Waals surface area contributed by atoms with Crippen molar-refractivity contribution in [1.29, 1.82) is 0 Å². The topological polar surface area (TPSA) is 533 Å². The summed E-state index contributed by atoms with van der Waals surface area (Å²) in [7, 11) is 0. The molecule has 4 heterocycles. The van der Waals surface area contributed by atoms with Crippen molar-refractivity contribution in [1.82, 2.24) is 73.2 Å². The van der Waals surface area contributed by atoms with Crippen LogP contribution in [0.4, 0.5) is 4.79 Å². The number of carbonyl (C=O) groups excluding carboxylic acids is 11. The van der Waals surface area contributed by atoms with Gasteiger partial charge < -0.3 is 94.7 Å². The van der Waals surface area contributed by atoms with Gasteiger partial charge in [-0.25, -0.2) is 15.2 Å². The van der Waals surface area contributed by atoms with Gasteiger partial charge >= 0.3 is 6.03 Å². The molecule has 0 aliphatic carbocycles. The molecule has 2 aromatic carbocycles. The number of carboxylic acids is 1. The smallest absolute Gasteiger partial charge is 0.330 e. The van der Waals surface area contributed by atoms with Crippen LogP contribution in [0.25, 0.3) is 10.9 Å². The molecule has 2 aromatic heterocycles. The van der Waals surface area contributed by atoms with Gasteiger partial charge in [-0.05, 0) is 94.5 Å². The number of phenols is 1. The molecule has 21 N–H and O–H groups in total. The van der Waals surface area contributed by atoms with Gasteiger partial charge in [-0.3, -0.25) is 63.2 Å². The number of aliphatic imine (C=N–C) groups is 1. The number of rotatable bonds is 31. The van der Waals surface area contributed by atoms with Crippen molar-refractivity contribution in [2.45, 2.75) is 166 Å². The molecule has 4 aromatic rings. The van der Waals surface area contributed by atoms with Gasteiger partial charge in [0.2, 0.25) is 53.2 Å². The number of phenolic OH excluding ortho intramolecular Hbond substituents is 1. The Morgan fingerprint density at radius 2 is 1.31 bits per heavy atom. The number of aliphatic hydroxyl groups excluding tert-OH is 1. The summed E-state index contributed by atoms with van der Waals surface area (Å²) in [6, 6.07) is -0.716. The van der Waals surface area contributed by atoms with Crippen molar-refractivity contribution in [3.05, 3.63) is 84.1 Å². The lowest BCUT2D eigenvalue weighted by atomic mass is 10.0. The van der Waals surface area contributed by atoms with E-state index in [1.807, 2.05) is 5.43 Å². The van der Waals surface area contributed by atoms with Crippen molar-refractivity contribution in [3.63, 3.8) is 0 Å². The standard InChI is InChI=1S/C59H84N18O14.C2H4O2/c1-31(2)22-40(49(82)68-39(12-8-20-64-57(60)61)56(89)77-21-9-13-46(77)55(88)75-76-58(62)90)69-54(87)45(29-91-59(3,4)5)74-50(83)41(23-32-14-16-35(79)17-15-32)70-53(86)44(28-78)73-51(84)42(24-33-26-65-37-11-7-6-10-36(33)37)71-52(85)43(25-34-27-63-30-66-34)72-48(81)38-18-19-47(80)67-38;1-2(3)4/h6-7,10-11,14-17,26-27,30-31,38-46,65,78-79H,8-9,12-13,18-25,28-29H2,1-5H3,(H,63,66)(H,67,80)(H,68,82)(H,69,87)(H,70,86)(H,71,85)(H,72,81)(H,73,84)(H,74,83)(H,75,88)(H4,60,61,64)(H3,62,76,90);1H3,(H,3,4)/t38?,39-,40?,41?,42?,43?,44?,45?,46?;/m0./s1. The zero-order valence-corrected chi connectivity index (χ0v) is 53.7. The quantitative estimate of drug-likeness (QED) is 0.0103. The largest absolute Gasteiger partial charge is 0.508 e. The first-order valence-electron chi connectivity index (χ1n) is 30.8. The molecule has 9 atom stereocenters. The summed E-state index contributed by atoms with van der Waals surface area (Å²) in [6.45, 7) is 8.36. The summed E-state index contributed by atoms with van der Waals surface area (Å²) in [4.78, 5) is 176. The number of nitrogens with zero attached hydrogens (tertiary/aromatic N) is 3. The number of aromatic nitrogens is 3. The fraction of sp³-hybridized carbons (Fsp3) is 0.508. The fourth-order valence-electron chi connectivity index (χ4n) is 10.2. The average molecular weight is 1330 g/mol. The normalized spacial score (nSPS) is 16.5. The van der Waals surface area contributed by atoms with Crippen LogP contribution in [0.5, 0.6) is 5.75 Å². The zero-order valence-electron chi connectivity index (χ0n) is 53.7. The van der Waals surface area contributed by atoms with Crippen LogP contribution in [0.3, 0.4) is 0 Å². The molecule has 34 heteroatoms. The predicted molar refractivity (Wildman–Crippen MR) is 342 cm³/mol. The van der Waals surface area contributed by atoms with Crippen LogP contribution >= 0.6 is 0 Å². The molecule has 0 saturated carbocycles. The number of carboxylic acid groups (broad SMARTS) is 1. The number of aromatic amines is 2. The van der Waals surface area contributed by atoms with Gasteiger partial charge in [-0.1, -0.05) is 44.2 Å². The van der Waals surface area contributed by atoms with E-state index in [0.717, 1.165) is 6.92 Å². The number of hydrogen-bond donors (Lipinski definition) is 18. The van der Waals surface area contributed by atoms with Gasteiger partial charge in [0, 0.05) is 74.7 Å². The van der Waals surface area contributed by atoms with E-state index in [0.29, 0.717) is 34.1 Å². The Kier molecular flexibility index (Phi) is 28.7. The fourth-order valence-corrected chi connectivity index (χ4v) is 10.2. The number of benzene rings is 2. The van der Waals surface area contributed by atoms with E-state index in [9.17, 15) is 63.0 Å². The third kappa shape index (κ3) is 24.9. The van der Waals surface area contributed by atoms with Gasteiger partial charge in [0.05, 0.1) is 25.1 Å². The number of aliphatic carboxylic acids is 1. The molecule has 2 saturated heterocycles. The first-order chi connectivity index (χ1) is 44.9. The molecule has 518 valence electrons. The number of para-hydroxylation sites is 1. The van der Waals surface area contributed by atoms with Gasteiger partial charge in [0.15, 0.2) is 5.96 Å². The molecule has 0 bridgehead atoms. The third-order valence-corrected chi connectivity index (χ3v) is 14.8. The van der Waals surface area contributed by atoms with Crippen LogP contribution in [0.15, 0.2) is 72.2 Å². The van der Waals surface area contributed by atoms with Crippen LogP contribution in [-0.2, 0) is 76.7 Å². The Balaban J connectivity index is 0.00000397. The number of H-pyrrole nitrogens is 2. The monoisotopic (exact) mass is 1330 g/mol. The number of primary amides is 1. The third-order valence-electron chi connectivity index (χ3n) is 14.8. The van der Waals surface area contributed by atoms with Crippen LogP contribution in [0, 0.1) is 5.92 Å². The van der Waals surface area contributed by atoms with Gasteiger partial charge in [0.25, 0.3) is 11.9 Å². The van der Waals surface area contributed by atoms with Crippen LogP contribution in [0.2, 0.25) is 0 Å². The Morgan fingerprint density at radius 1 is 0.726 bits per heavy atom. The van der Waals surface area contributed by atoms with Gasteiger partial charge in [-0.15, -0.1) is 0 Å². The summed E-state index contributed by atoms with van der Waals surface area (Å²) in [5.74, 6) is -9.42. The van der Waals surface area contributed by atoms with E-state index in [1.165, 1.54) is 41.7 Å². The second kappa shape index (κ2) is 36.2. The number of urea groups is 1. The maximum atomic E-state index is 14.8. The highest BCUT2D eigenvalue weighted by Gasteiger charge is 2.40. The van der Waals surface area contributed by atoms with Crippen molar-refractivity contribution >= 4 is 87.9 Å². The Hall–Kier alpha value is -10.4.